The van der Waals surface area contributed by atoms with E-state index < -0.39 is 17.7 Å². The lowest BCUT2D eigenvalue weighted by Crippen LogP contribution is -2.50. The van der Waals surface area contributed by atoms with Crippen LogP contribution in [0.25, 0.3) is 0 Å². The molecule has 0 amide bonds. The van der Waals surface area contributed by atoms with Gasteiger partial charge in [-0.1, -0.05) is 45.1 Å². The highest BCUT2D eigenvalue weighted by atomic mass is 16.5. The van der Waals surface area contributed by atoms with E-state index in [4.69, 9.17) is 4.74 Å². The van der Waals surface area contributed by atoms with Crippen molar-refractivity contribution in [2.75, 3.05) is 0 Å². The number of phenols is 1. The summed E-state index contributed by atoms with van der Waals surface area (Å²) < 4.78 is 5.91. The number of esters is 1. The Morgan fingerprint density at radius 3 is 2.54 bits per heavy atom. The van der Waals surface area contributed by atoms with Gasteiger partial charge in [-0.15, -0.1) is 0 Å². The predicted molar refractivity (Wildman–Crippen MR) is 101 cm³/mol. The van der Waals surface area contributed by atoms with Gasteiger partial charge in [0.05, 0.1) is 11.2 Å². The van der Waals surface area contributed by atoms with Gasteiger partial charge in [-0.05, 0) is 48.4 Å². The Balaban J connectivity index is 1.94. The first-order valence-corrected chi connectivity index (χ1v) is 9.25. The number of fused-ring (bicyclic) bond motifs is 1. The number of rotatable bonds is 3. The van der Waals surface area contributed by atoms with E-state index in [9.17, 15) is 15.0 Å². The zero-order chi connectivity index (χ0) is 19.1. The third-order valence-electron chi connectivity index (χ3n) is 6.21. The molecule has 0 bridgehead atoms. The Morgan fingerprint density at radius 2 is 1.92 bits per heavy atom. The van der Waals surface area contributed by atoms with Gasteiger partial charge in [0.1, 0.15) is 11.9 Å². The number of carbonyl (C=O) groups excluding carboxylic acids is 1. The number of phenolic OH excluding ortho intramolecular Hbond substituents is 1. The van der Waals surface area contributed by atoms with Crippen molar-refractivity contribution in [1.29, 1.82) is 0 Å². The highest BCUT2D eigenvalue weighted by Crippen LogP contribution is 2.57. The number of allylic oxidation sites excluding steroid dienone is 2. The van der Waals surface area contributed by atoms with Crippen molar-refractivity contribution in [1.82, 2.24) is 0 Å². The molecule has 1 fully saturated rings. The molecule has 1 aromatic rings. The van der Waals surface area contributed by atoms with Crippen LogP contribution in [-0.4, -0.2) is 27.9 Å². The summed E-state index contributed by atoms with van der Waals surface area (Å²) in [5.74, 6) is -0.466. The number of aliphatic hydroxyl groups is 1. The van der Waals surface area contributed by atoms with Crippen molar-refractivity contribution in [2.45, 2.75) is 51.7 Å². The van der Waals surface area contributed by atoms with Crippen molar-refractivity contribution in [2.24, 2.45) is 17.3 Å². The lowest BCUT2D eigenvalue weighted by Gasteiger charge is -2.42. The molecule has 0 radical (unpaired) electrons. The Kier molecular flexibility index (Phi) is 4.74. The van der Waals surface area contributed by atoms with Crippen molar-refractivity contribution < 1.29 is 19.7 Å². The molecule has 0 aliphatic heterocycles. The summed E-state index contributed by atoms with van der Waals surface area (Å²) in [5.41, 5.74) is 0.163. The molecular weight excluding hydrogens is 328 g/mol. The van der Waals surface area contributed by atoms with Crippen molar-refractivity contribution in [3.05, 3.63) is 54.1 Å². The maximum atomic E-state index is 12.7. The monoisotopic (exact) mass is 356 g/mol. The third kappa shape index (κ3) is 3.18. The molecule has 0 aromatic heterocycles. The van der Waals surface area contributed by atoms with Gasteiger partial charge in [-0.3, -0.25) is 0 Å². The highest BCUT2D eigenvalue weighted by molar-refractivity contribution is 5.89. The molecule has 0 unspecified atom stereocenters. The fraction of sp³-hybridized carbons (Fsp3) is 0.500. The minimum absolute atomic E-state index is 0.0592. The quantitative estimate of drug-likeness (QED) is 0.795. The van der Waals surface area contributed by atoms with E-state index in [1.807, 2.05) is 19.9 Å². The van der Waals surface area contributed by atoms with E-state index in [1.165, 1.54) is 12.1 Å². The zero-order valence-electron chi connectivity index (χ0n) is 15.7. The first kappa shape index (κ1) is 18.7. The average Bonchev–Trinajstić information content (AvgIpc) is 2.78. The maximum Gasteiger partial charge on any atom is 0.338 e. The van der Waals surface area contributed by atoms with Gasteiger partial charge in [0.25, 0.3) is 0 Å². The van der Waals surface area contributed by atoms with Gasteiger partial charge in [0, 0.05) is 12.3 Å². The molecule has 0 heterocycles. The summed E-state index contributed by atoms with van der Waals surface area (Å²) >= 11 is 0. The minimum Gasteiger partial charge on any atom is -0.508 e. The lowest BCUT2D eigenvalue weighted by atomic mass is 9.69. The minimum atomic E-state index is -0.885. The van der Waals surface area contributed by atoms with Crippen LogP contribution in [0.4, 0.5) is 0 Å². The largest absolute Gasteiger partial charge is 0.508 e. The van der Waals surface area contributed by atoms with Crippen molar-refractivity contribution >= 4 is 5.97 Å². The second kappa shape index (κ2) is 6.58. The number of benzene rings is 1. The molecule has 4 nitrogen and oxygen atoms in total. The van der Waals surface area contributed by atoms with Crippen molar-refractivity contribution in [3.63, 3.8) is 0 Å². The van der Waals surface area contributed by atoms with E-state index in [0.717, 1.165) is 12.0 Å². The van der Waals surface area contributed by atoms with Crippen LogP contribution >= 0.6 is 0 Å². The predicted octanol–water partition coefficient (Wildman–Crippen LogP) is 4.24. The summed E-state index contributed by atoms with van der Waals surface area (Å²) in [6, 6.07) is 6.02. The van der Waals surface area contributed by atoms with E-state index in [-0.39, 0.29) is 23.0 Å². The van der Waals surface area contributed by atoms with Gasteiger partial charge in [-0.25, -0.2) is 4.79 Å². The normalized spacial score (nSPS) is 33.8. The fourth-order valence-electron chi connectivity index (χ4n) is 4.60. The van der Waals surface area contributed by atoms with Crippen LogP contribution in [0.2, 0.25) is 0 Å². The Bertz CT molecular complexity index is 733. The number of hydrogen-bond donors (Lipinski definition) is 2. The Labute approximate surface area is 155 Å². The molecule has 140 valence electrons. The highest BCUT2D eigenvalue weighted by Gasteiger charge is 2.58. The molecule has 4 atom stereocenters. The van der Waals surface area contributed by atoms with Crippen molar-refractivity contribution in [3.8, 4) is 5.75 Å². The lowest BCUT2D eigenvalue weighted by molar-refractivity contribution is -0.105. The topological polar surface area (TPSA) is 66.8 Å². The number of ether oxygens (including phenoxy) is 1. The molecule has 0 spiro atoms. The molecule has 1 saturated carbocycles. The molecule has 2 aliphatic rings. The van der Waals surface area contributed by atoms with Gasteiger partial charge in [-0.2, -0.15) is 0 Å². The van der Waals surface area contributed by atoms with Crippen LogP contribution in [0.15, 0.2) is 48.6 Å². The van der Waals surface area contributed by atoms with E-state index >= 15 is 0 Å². The molecule has 2 aliphatic carbocycles. The molecule has 26 heavy (non-hydrogen) atoms. The molecule has 2 N–H and O–H groups in total. The fourth-order valence-corrected chi connectivity index (χ4v) is 4.60. The van der Waals surface area contributed by atoms with Gasteiger partial charge in [0.15, 0.2) is 0 Å². The molecule has 3 rings (SSSR count). The summed E-state index contributed by atoms with van der Waals surface area (Å²) in [6.07, 6.45) is 5.75. The Hall–Kier alpha value is -2.07. The van der Waals surface area contributed by atoms with Crippen LogP contribution < -0.4 is 0 Å². The smallest absolute Gasteiger partial charge is 0.338 e. The van der Waals surface area contributed by atoms with Crippen LogP contribution in [0.3, 0.4) is 0 Å². The molecular formula is C22H28O4. The van der Waals surface area contributed by atoms with Crippen LogP contribution in [0.1, 0.15) is 50.4 Å². The summed E-state index contributed by atoms with van der Waals surface area (Å²) in [6.45, 7) is 10.3. The van der Waals surface area contributed by atoms with E-state index in [1.54, 1.807) is 12.1 Å². The van der Waals surface area contributed by atoms with Crippen LogP contribution in [0, 0.1) is 17.3 Å². The van der Waals surface area contributed by atoms with Gasteiger partial charge in [0.2, 0.25) is 0 Å². The average molecular weight is 356 g/mol. The maximum absolute atomic E-state index is 12.7. The molecule has 4 heteroatoms. The van der Waals surface area contributed by atoms with E-state index in [0.29, 0.717) is 18.4 Å². The summed E-state index contributed by atoms with van der Waals surface area (Å²) in [5, 5.41) is 20.9. The molecule has 1 aromatic carbocycles. The third-order valence-corrected chi connectivity index (χ3v) is 6.21. The SMILES string of the molecule is C=C1C=C[C@@]2(C)CC[C@@](O)(C(C)C)[C@@H]2[C@@H](OC(=O)c2ccc(O)cc2)C1. The first-order valence-electron chi connectivity index (χ1n) is 9.25. The van der Waals surface area contributed by atoms with Crippen LogP contribution in [0.5, 0.6) is 5.75 Å². The van der Waals surface area contributed by atoms with Crippen LogP contribution in [-0.2, 0) is 4.74 Å². The standard InChI is InChI=1S/C22H28O4/c1-14(2)22(25)12-11-21(4)10-9-15(3)13-18(19(21)22)26-20(24)16-5-7-17(23)8-6-16/h5-10,14,18-19,23,25H,3,11-13H2,1-2,4H3/t18-,19+,21-,22+/m0/s1. The number of hydrogen-bond acceptors (Lipinski definition) is 4. The second-order valence-corrected chi connectivity index (χ2v) is 8.32. The number of aromatic hydroxyl groups is 1. The van der Waals surface area contributed by atoms with E-state index in [2.05, 4.69) is 19.6 Å². The zero-order valence-corrected chi connectivity index (χ0v) is 15.7. The Morgan fingerprint density at radius 1 is 1.27 bits per heavy atom. The molecule has 0 saturated heterocycles. The first-order chi connectivity index (χ1) is 12.2. The summed E-state index contributed by atoms with van der Waals surface area (Å²) in [4.78, 5) is 12.7. The summed E-state index contributed by atoms with van der Waals surface area (Å²) in [7, 11) is 0. The number of carbonyl (C=O) groups is 1. The van der Waals surface area contributed by atoms with Gasteiger partial charge >= 0.3 is 5.97 Å². The van der Waals surface area contributed by atoms with Gasteiger partial charge < -0.3 is 14.9 Å². The second-order valence-electron chi connectivity index (χ2n) is 8.32.